The Balaban J connectivity index is 1.99. The Morgan fingerprint density at radius 2 is 1.88 bits per heavy atom. The zero-order valence-corrected chi connectivity index (χ0v) is 9.75. The molecule has 3 heteroatoms. The molecule has 3 rings (SSSR count). The minimum Gasteiger partial charge on any atom is -0.486 e. The van der Waals surface area contributed by atoms with E-state index in [2.05, 4.69) is 31.3 Å². The molecule has 2 aliphatic heterocycles. The lowest BCUT2D eigenvalue weighted by atomic mass is 9.85. The van der Waals surface area contributed by atoms with Crippen LogP contribution in [-0.2, 0) is 0 Å². The first-order valence-electron chi connectivity index (χ1n) is 5.89. The second-order valence-corrected chi connectivity index (χ2v) is 4.72. The van der Waals surface area contributed by atoms with Crippen molar-refractivity contribution in [2.45, 2.75) is 19.9 Å². The molecule has 2 unspecified atom stereocenters. The number of hydrogen-bond donors (Lipinski definition) is 1. The van der Waals surface area contributed by atoms with Crippen LogP contribution in [0, 0.1) is 12.8 Å². The molecule has 0 saturated carbocycles. The molecule has 1 aromatic rings. The van der Waals surface area contributed by atoms with Crippen LogP contribution in [0.4, 0.5) is 0 Å². The van der Waals surface area contributed by atoms with Gasteiger partial charge in [-0.1, -0.05) is 6.92 Å². The molecular weight excluding hydrogens is 202 g/mol. The van der Waals surface area contributed by atoms with Gasteiger partial charge in [0.2, 0.25) is 0 Å². The highest BCUT2D eigenvalue weighted by molar-refractivity contribution is 5.49. The van der Waals surface area contributed by atoms with E-state index in [0.29, 0.717) is 25.2 Å². The Hall–Kier alpha value is -1.22. The third kappa shape index (κ3) is 1.47. The Morgan fingerprint density at radius 3 is 2.44 bits per heavy atom. The maximum Gasteiger partial charge on any atom is 0.161 e. The molecule has 0 spiro atoms. The lowest BCUT2D eigenvalue weighted by molar-refractivity contribution is 0.170. The molecule has 2 aliphatic rings. The van der Waals surface area contributed by atoms with Gasteiger partial charge < -0.3 is 14.8 Å². The highest BCUT2D eigenvalue weighted by Crippen LogP contribution is 2.38. The molecule has 2 atom stereocenters. The van der Waals surface area contributed by atoms with Gasteiger partial charge in [-0.3, -0.25) is 0 Å². The van der Waals surface area contributed by atoms with Crippen molar-refractivity contribution >= 4 is 0 Å². The Labute approximate surface area is 95.8 Å². The molecular formula is C13H17NO2. The zero-order chi connectivity index (χ0) is 11.1. The van der Waals surface area contributed by atoms with E-state index in [4.69, 9.17) is 9.47 Å². The first kappa shape index (κ1) is 9.97. The van der Waals surface area contributed by atoms with E-state index in [-0.39, 0.29) is 0 Å². The molecule has 0 radical (unpaired) electrons. The predicted octanol–water partition coefficient (Wildman–Crippen LogP) is 2.05. The van der Waals surface area contributed by atoms with E-state index in [0.717, 1.165) is 18.0 Å². The summed E-state index contributed by atoms with van der Waals surface area (Å²) in [5.41, 5.74) is 2.64. The summed E-state index contributed by atoms with van der Waals surface area (Å²) in [4.78, 5) is 0. The number of benzene rings is 1. The van der Waals surface area contributed by atoms with Crippen LogP contribution in [0.25, 0.3) is 0 Å². The van der Waals surface area contributed by atoms with Gasteiger partial charge in [0.25, 0.3) is 0 Å². The van der Waals surface area contributed by atoms with Gasteiger partial charge in [-0.25, -0.2) is 0 Å². The zero-order valence-electron chi connectivity index (χ0n) is 9.75. The third-order valence-electron chi connectivity index (χ3n) is 3.49. The molecule has 2 heterocycles. The van der Waals surface area contributed by atoms with Crippen molar-refractivity contribution in [2.24, 2.45) is 5.92 Å². The normalized spacial score (nSPS) is 27.4. The summed E-state index contributed by atoms with van der Waals surface area (Å²) in [5, 5.41) is 3.46. The fourth-order valence-electron chi connectivity index (χ4n) is 2.43. The van der Waals surface area contributed by atoms with E-state index >= 15 is 0 Å². The summed E-state index contributed by atoms with van der Waals surface area (Å²) in [6.07, 6.45) is 0. The highest BCUT2D eigenvalue weighted by atomic mass is 16.6. The smallest absolute Gasteiger partial charge is 0.161 e. The Bertz CT molecular complexity index is 417. The molecule has 0 bridgehead atoms. The summed E-state index contributed by atoms with van der Waals surface area (Å²) < 4.78 is 11.2. The van der Waals surface area contributed by atoms with Crippen LogP contribution in [-0.4, -0.2) is 19.8 Å². The standard InChI is InChI=1S/C13H17NO2/c1-8-5-11-12(16-4-3-15-11)6-10(8)13-9(2)7-14-13/h5-6,9,13-14H,3-4,7H2,1-2H3. The van der Waals surface area contributed by atoms with Crippen molar-refractivity contribution in [1.82, 2.24) is 5.32 Å². The average molecular weight is 219 g/mol. The minimum absolute atomic E-state index is 0.482. The molecule has 0 amide bonds. The number of aryl methyl sites for hydroxylation is 1. The van der Waals surface area contributed by atoms with E-state index in [1.165, 1.54) is 11.1 Å². The van der Waals surface area contributed by atoms with Gasteiger partial charge in [0.15, 0.2) is 11.5 Å². The monoisotopic (exact) mass is 219 g/mol. The largest absolute Gasteiger partial charge is 0.486 e. The second-order valence-electron chi connectivity index (χ2n) is 4.72. The molecule has 1 fully saturated rings. The van der Waals surface area contributed by atoms with Crippen LogP contribution in [0.2, 0.25) is 0 Å². The van der Waals surface area contributed by atoms with Crippen molar-refractivity contribution < 1.29 is 9.47 Å². The summed E-state index contributed by atoms with van der Waals surface area (Å²) >= 11 is 0. The Morgan fingerprint density at radius 1 is 1.19 bits per heavy atom. The highest BCUT2D eigenvalue weighted by Gasteiger charge is 2.30. The molecule has 86 valence electrons. The van der Waals surface area contributed by atoms with Gasteiger partial charge in [-0.05, 0) is 36.1 Å². The van der Waals surface area contributed by atoms with E-state index in [9.17, 15) is 0 Å². The minimum atomic E-state index is 0.482. The fraction of sp³-hybridized carbons (Fsp3) is 0.538. The van der Waals surface area contributed by atoms with E-state index in [1.54, 1.807) is 0 Å². The van der Waals surface area contributed by atoms with Gasteiger partial charge in [-0.15, -0.1) is 0 Å². The SMILES string of the molecule is Cc1cc2c(cc1C1NCC1C)OCCO2. The summed E-state index contributed by atoms with van der Waals surface area (Å²) in [5.74, 6) is 2.49. The third-order valence-corrected chi connectivity index (χ3v) is 3.49. The average Bonchev–Trinajstić information content (AvgIpc) is 2.28. The summed E-state index contributed by atoms with van der Waals surface area (Å²) in [6, 6.07) is 4.71. The molecule has 16 heavy (non-hydrogen) atoms. The first-order valence-corrected chi connectivity index (χ1v) is 5.89. The number of fused-ring (bicyclic) bond motifs is 1. The van der Waals surface area contributed by atoms with Crippen molar-refractivity contribution in [3.8, 4) is 11.5 Å². The van der Waals surface area contributed by atoms with Crippen molar-refractivity contribution in [3.05, 3.63) is 23.3 Å². The molecule has 1 saturated heterocycles. The molecule has 0 aliphatic carbocycles. The van der Waals surface area contributed by atoms with Crippen LogP contribution < -0.4 is 14.8 Å². The first-order chi connectivity index (χ1) is 7.75. The van der Waals surface area contributed by atoms with Gasteiger partial charge in [0, 0.05) is 12.6 Å². The van der Waals surface area contributed by atoms with Crippen LogP contribution >= 0.6 is 0 Å². The topological polar surface area (TPSA) is 30.5 Å². The quantitative estimate of drug-likeness (QED) is 0.784. The lowest BCUT2D eigenvalue weighted by Crippen LogP contribution is -2.44. The molecule has 3 nitrogen and oxygen atoms in total. The van der Waals surface area contributed by atoms with Crippen LogP contribution in [0.3, 0.4) is 0 Å². The summed E-state index contributed by atoms with van der Waals surface area (Å²) in [7, 11) is 0. The van der Waals surface area contributed by atoms with E-state index in [1.807, 2.05) is 0 Å². The number of hydrogen-bond acceptors (Lipinski definition) is 3. The van der Waals surface area contributed by atoms with Crippen molar-refractivity contribution in [3.63, 3.8) is 0 Å². The van der Waals surface area contributed by atoms with Crippen molar-refractivity contribution in [1.29, 1.82) is 0 Å². The number of ether oxygens (including phenoxy) is 2. The van der Waals surface area contributed by atoms with Crippen molar-refractivity contribution in [2.75, 3.05) is 19.8 Å². The van der Waals surface area contributed by atoms with Gasteiger partial charge in [-0.2, -0.15) is 0 Å². The molecule has 0 aromatic heterocycles. The number of rotatable bonds is 1. The van der Waals surface area contributed by atoms with Crippen LogP contribution in [0.1, 0.15) is 24.1 Å². The Kier molecular flexibility index (Phi) is 2.28. The lowest BCUT2D eigenvalue weighted by Gasteiger charge is -2.37. The van der Waals surface area contributed by atoms with Crippen LogP contribution in [0.15, 0.2) is 12.1 Å². The summed E-state index contributed by atoms with van der Waals surface area (Å²) in [6.45, 7) is 6.84. The predicted molar refractivity (Wildman–Crippen MR) is 62.1 cm³/mol. The number of nitrogens with one attached hydrogen (secondary N) is 1. The van der Waals surface area contributed by atoms with Gasteiger partial charge in [0.1, 0.15) is 13.2 Å². The van der Waals surface area contributed by atoms with Gasteiger partial charge in [0.05, 0.1) is 0 Å². The van der Waals surface area contributed by atoms with E-state index < -0.39 is 0 Å². The molecule has 1 aromatic carbocycles. The maximum absolute atomic E-state index is 5.62. The second kappa shape index (κ2) is 3.67. The maximum atomic E-state index is 5.62. The molecule has 1 N–H and O–H groups in total. The van der Waals surface area contributed by atoms with Gasteiger partial charge >= 0.3 is 0 Å². The fourth-order valence-corrected chi connectivity index (χ4v) is 2.43. The van der Waals surface area contributed by atoms with Crippen LogP contribution in [0.5, 0.6) is 11.5 Å².